The van der Waals surface area contributed by atoms with Crippen LogP contribution in [0.3, 0.4) is 0 Å². The molecule has 0 amide bonds. The number of hydrogen-bond acceptors (Lipinski definition) is 6. The third-order valence-electron chi connectivity index (χ3n) is 3.96. The quantitative estimate of drug-likeness (QED) is 0.810. The summed E-state index contributed by atoms with van der Waals surface area (Å²) in [5.74, 6) is 0.831. The molecule has 0 bridgehead atoms. The first-order valence-corrected chi connectivity index (χ1v) is 9.67. The molecule has 0 radical (unpaired) electrons. The summed E-state index contributed by atoms with van der Waals surface area (Å²) in [7, 11) is -3.55. The molecule has 1 aliphatic rings. The van der Waals surface area contributed by atoms with Crippen LogP contribution in [0.5, 0.6) is 0 Å². The van der Waals surface area contributed by atoms with Gasteiger partial charge in [0.05, 0.1) is 6.61 Å². The lowest BCUT2D eigenvalue weighted by Crippen LogP contribution is -2.41. The molecular formula is C17H21N3O4S. The van der Waals surface area contributed by atoms with Gasteiger partial charge in [-0.25, -0.2) is 8.42 Å². The van der Waals surface area contributed by atoms with Crippen LogP contribution in [0.4, 0.5) is 0 Å². The number of aromatic nitrogens is 2. The predicted octanol–water partition coefficient (Wildman–Crippen LogP) is 2.31. The maximum Gasteiger partial charge on any atom is 0.246 e. The van der Waals surface area contributed by atoms with E-state index in [1.807, 2.05) is 38.1 Å². The molecule has 1 fully saturated rings. The van der Waals surface area contributed by atoms with Gasteiger partial charge in [0, 0.05) is 24.9 Å². The molecule has 8 heteroatoms. The summed E-state index contributed by atoms with van der Waals surface area (Å²) in [5, 5.41) is 9.08. The van der Waals surface area contributed by atoms with Crippen LogP contribution in [0, 0.1) is 6.92 Å². The molecule has 2 heterocycles. The van der Waals surface area contributed by atoms with E-state index >= 15 is 0 Å². The minimum atomic E-state index is -3.55. The fourth-order valence-corrected chi connectivity index (χ4v) is 3.65. The third kappa shape index (κ3) is 4.33. The van der Waals surface area contributed by atoms with Gasteiger partial charge in [-0.1, -0.05) is 36.8 Å². The van der Waals surface area contributed by atoms with Gasteiger partial charge in [-0.05, 0) is 18.6 Å². The average Bonchev–Trinajstić information content (AvgIpc) is 3.11. The first kappa shape index (κ1) is 17.8. The number of morpholine rings is 1. The summed E-state index contributed by atoms with van der Waals surface area (Å²) in [6.45, 7) is 4.63. The molecule has 1 aliphatic heterocycles. The molecule has 1 aromatic carbocycles. The second-order valence-electron chi connectivity index (χ2n) is 5.86. The minimum Gasteiger partial charge on any atom is -0.422 e. The Labute approximate surface area is 147 Å². The lowest BCUT2D eigenvalue weighted by Gasteiger charge is -2.29. The summed E-state index contributed by atoms with van der Waals surface area (Å²) >= 11 is 0. The van der Waals surface area contributed by atoms with E-state index in [1.54, 1.807) is 6.08 Å². The van der Waals surface area contributed by atoms with Crippen molar-refractivity contribution in [2.75, 3.05) is 19.7 Å². The van der Waals surface area contributed by atoms with Gasteiger partial charge < -0.3 is 9.15 Å². The SMILES string of the molecule is CCc1nnc(C2CN(S(=O)(=O)/C=C/c3ccc(C)cc3)CCO2)o1. The largest absolute Gasteiger partial charge is 0.422 e. The topological polar surface area (TPSA) is 85.5 Å². The molecule has 1 saturated heterocycles. The summed E-state index contributed by atoms with van der Waals surface area (Å²) in [6, 6.07) is 7.65. The highest BCUT2D eigenvalue weighted by atomic mass is 32.2. The Hall–Kier alpha value is -2.03. The third-order valence-corrected chi connectivity index (χ3v) is 5.49. The molecule has 0 aliphatic carbocycles. The van der Waals surface area contributed by atoms with Gasteiger partial charge in [0.1, 0.15) is 6.10 Å². The van der Waals surface area contributed by atoms with E-state index in [2.05, 4.69) is 10.2 Å². The van der Waals surface area contributed by atoms with E-state index in [0.717, 1.165) is 11.1 Å². The van der Waals surface area contributed by atoms with Crippen molar-refractivity contribution in [3.8, 4) is 0 Å². The molecule has 25 heavy (non-hydrogen) atoms. The predicted molar refractivity (Wildman–Crippen MR) is 93.1 cm³/mol. The average molecular weight is 363 g/mol. The van der Waals surface area contributed by atoms with Crippen molar-refractivity contribution in [1.29, 1.82) is 0 Å². The molecule has 1 atom stereocenters. The van der Waals surface area contributed by atoms with Gasteiger partial charge in [0.25, 0.3) is 0 Å². The molecule has 7 nitrogen and oxygen atoms in total. The second-order valence-corrected chi connectivity index (χ2v) is 7.68. The molecule has 0 saturated carbocycles. The van der Waals surface area contributed by atoms with E-state index in [1.165, 1.54) is 9.71 Å². The lowest BCUT2D eigenvalue weighted by molar-refractivity contribution is -0.0174. The smallest absolute Gasteiger partial charge is 0.246 e. The molecule has 0 N–H and O–H groups in total. The second kappa shape index (κ2) is 7.47. The first-order chi connectivity index (χ1) is 12.0. The van der Waals surface area contributed by atoms with E-state index in [0.29, 0.717) is 24.7 Å². The van der Waals surface area contributed by atoms with Gasteiger partial charge in [-0.2, -0.15) is 4.31 Å². The summed E-state index contributed by atoms with van der Waals surface area (Å²) < 4.78 is 37.6. The van der Waals surface area contributed by atoms with Crippen molar-refractivity contribution in [2.45, 2.75) is 26.4 Å². The molecule has 0 spiro atoms. The van der Waals surface area contributed by atoms with Crippen LogP contribution in [-0.4, -0.2) is 42.6 Å². The highest BCUT2D eigenvalue weighted by Gasteiger charge is 2.31. The Morgan fingerprint density at radius 1 is 1.28 bits per heavy atom. The number of hydrogen-bond donors (Lipinski definition) is 0. The van der Waals surface area contributed by atoms with E-state index < -0.39 is 16.1 Å². The van der Waals surface area contributed by atoms with E-state index in [9.17, 15) is 8.42 Å². The van der Waals surface area contributed by atoms with Gasteiger partial charge in [-0.15, -0.1) is 10.2 Å². The number of aryl methyl sites for hydroxylation is 2. The van der Waals surface area contributed by atoms with Crippen molar-refractivity contribution < 1.29 is 17.6 Å². The Balaban J connectivity index is 1.71. The van der Waals surface area contributed by atoms with Gasteiger partial charge >= 0.3 is 0 Å². The van der Waals surface area contributed by atoms with Crippen LogP contribution < -0.4 is 0 Å². The van der Waals surface area contributed by atoms with Crippen LogP contribution >= 0.6 is 0 Å². The van der Waals surface area contributed by atoms with Crippen LogP contribution in [0.15, 0.2) is 34.1 Å². The highest BCUT2D eigenvalue weighted by molar-refractivity contribution is 7.92. The highest BCUT2D eigenvalue weighted by Crippen LogP contribution is 2.23. The Bertz CT molecular complexity index is 843. The number of ether oxygens (including phenoxy) is 1. The van der Waals surface area contributed by atoms with Crippen LogP contribution in [0.1, 0.15) is 35.9 Å². The lowest BCUT2D eigenvalue weighted by atomic mass is 10.2. The Morgan fingerprint density at radius 3 is 2.72 bits per heavy atom. The summed E-state index contributed by atoms with van der Waals surface area (Å²) in [5.41, 5.74) is 1.96. The fourth-order valence-electron chi connectivity index (χ4n) is 2.47. The van der Waals surface area contributed by atoms with Crippen LogP contribution in [0.2, 0.25) is 0 Å². The maximum absolute atomic E-state index is 12.6. The van der Waals surface area contributed by atoms with Crippen LogP contribution in [0.25, 0.3) is 6.08 Å². The fraction of sp³-hybridized carbons (Fsp3) is 0.412. The Morgan fingerprint density at radius 2 is 2.04 bits per heavy atom. The molecule has 2 aromatic rings. The molecule has 3 rings (SSSR count). The normalized spacial score (nSPS) is 19.5. The Kier molecular flexibility index (Phi) is 5.31. The first-order valence-electron chi connectivity index (χ1n) is 8.16. The van der Waals surface area contributed by atoms with Crippen molar-refractivity contribution in [3.63, 3.8) is 0 Å². The number of sulfonamides is 1. The van der Waals surface area contributed by atoms with Crippen LogP contribution in [-0.2, 0) is 21.2 Å². The zero-order valence-electron chi connectivity index (χ0n) is 14.3. The maximum atomic E-state index is 12.6. The molecule has 1 unspecified atom stereocenters. The van der Waals surface area contributed by atoms with Gasteiger partial charge in [0.2, 0.25) is 21.8 Å². The van der Waals surface area contributed by atoms with Crippen molar-refractivity contribution >= 4 is 16.1 Å². The monoisotopic (exact) mass is 363 g/mol. The van der Waals surface area contributed by atoms with E-state index in [-0.39, 0.29) is 13.2 Å². The number of nitrogens with zero attached hydrogens (tertiary/aromatic N) is 3. The van der Waals surface area contributed by atoms with Crippen molar-refractivity contribution in [3.05, 3.63) is 52.6 Å². The summed E-state index contributed by atoms with van der Waals surface area (Å²) in [6.07, 6.45) is 1.69. The zero-order chi connectivity index (χ0) is 17.9. The molecular weight excluding hydrogens is 342 g/mol. The number of rotatable bonds is 5. The van der Waals surface area contributed by atoms with Crippen molar-refractivity contribution in [1.82, 2.24) is 14.5 Å². The van der Waals surface area contributed by atoms with E-state index in [4.69, 9.17) is 9.15 Å². The zero-order valence-corrected chi connectivity index (χ0v) is 15.1. The number of benzene rings is 1. The molecule has 134 valence electrons. The van der Waals surface area contributed by atoms with Crippen molar-refractivity contribution in [2.24, 2.45) is 0 Å². The van der Waals surface area contributed by atoms with Gasteiger partial charge in [-0.3, -0.25) is 0 Å². The minimum absolute atomic E-state index is 0.159. The molecule has 1 aromatic heterocycles. The van der Waals surface area contributed by atoms with Gasteiger partial charge in [0.15, 0.2) is 0 Å². The summed E-state index contributed by atoms with van der Waals surface area (Å²) in [4.78, 5) is 0. The standard InChI is InChI=1S/C17H21N3O4S/c1-3-16-18-19-17(24-16)15-12-20(9-10-23-15)25(21,22)11-8-14-6-4-13(2)5-7-14/h4-8,11,15H,3,9-10,12H2,1-2H3/b11-8+.